The molecule has 1 amide bonds. The molecule has 1 atom stereocenters. The maximum absolute atomic E-state index is 11.9. The van der Waals surface area contributed by atoms with E-state index in [1.165, 1.54) is 6.08 Å². The summed E-state index contributed by atoms with van der Waals surface area (Å²) in [6, 6.07) is 7.08. The Labute approximate surface area is 123 Å². The molecule has 0 heterocycles. The first-order valence-electron chi connectivity index (χ1n) is 6.93. The molecule has 0 spiro atoms. The van der Waals surface area contributed by atoms with Gasteiger partial charge in [-0.2, -0.15) is 0 Å². The zero-order valence-corrected chi connectivity index (χ0v) is 11.9. The first kappa shape index (κ1) is 15.1. The molecule has 1 aromatic rings. The molecular formula is C16H19NO4. The van der Waals surface area contributed by atoms with E-state index in [9.17, 15) is 9.59 Å². The van der Waals surface area contributed by atoms with Crippen LogP contribution in [0.2, 0.25) is 0 Å². The Balaban J connectivity index is 1.93. The van der Waals surface area contributed by atoms with E-state index >= 15 is 0 Å². The fraction of sp³-hybridized carbons (Fsp3) is 0.375. The van der Waals surface area contributed by atoms with Crippen molar-refractivity contribution < 1.29 is 19.4 Å². The van der Waals surface area contributed by atoms with Crippen molar-refractivity contribution in [3.8, 4) is 5.75 Å². The number of carboxylic acids is 1. The SMILES string of the molecule is COc1cccc(/C=C/C(=O)NC(CC(=O)O)C2CC2)c1. The molecule has 5 heteroatoms. The zero-order valence-electron chi connectivity index (χ0n) is 11.9. The molecule has 1 aliphatic rings. The lowest BCUT2D eigenvalue weighted by Gasteiger charge is -2.14. The average molecular weight is 289 g/mol. The molecule has 1 aliphatic carbocycles. The van der Waals surface area contributed by atoms with Gasteiger partial charge in [-0.1, -0.05) is 12.1 Å². The van der Waals surface area contributed by atoms with Crippen molar-refractivity contribution in [2.45, 2.75) is 25.3 Å². The Morgan fingerprint density at radius 2 is 2.24 bits per heavy atom. The predicted octanol–water partition coefficient (Wildman–Crippen LogP) is 2.08. The molecule has 2 rings (SSSR count). The third kappa shape index (κ3) is 4.95. The highest BCUT2D eigenvalue weighted by atomic mass is 16.5. The first-order valence-corrected chi connectivity index (χ1v) is 6.93. The van der Waals surface area contributed by atoms with E-state index in [4.69, 9.17) is 9.84 Å². The van der Waals surface area contributed by atoms with Crippen molar-refractivity contribution in [1.82, 2.24) is 5.32 Å². The van der Waals surface area contributed by atoms with Crippen molar-refractivity contribution in [3.63, 3.8) is 0 Å². The van der Waals surface area contributed by atoms with Crippen LogP contribution >= 0.6 is 0 Å². The topological polar surface area (TPSA) is 75.6 Å². The lowest BCUT2D eigenvalue weighted by atomic mass is 10.1. The van der Waals surface area contributed by atoms with Crippen molar-refractivity contribution in [3.05, 3.63) is 35.9 Å². The van der Waals surface area contributed by atoms with E-state index in [2.05, 4.69) is 5.32 Å². The molecule has 1 aromatic carbocycles. The van der Waals surface area contributed by atoms with E-state index in [0.29, 0.717) is 5.92 Å². The lowest BCUT2D eigenvalue weighted by Crippen LogP contribution is -2.37. The highest BCUT2D eigenvalue weighted by Gasteiger charge is 2.33. The van der Waals surface area contributed by atoms with Gasteiger partial charge in [0.2, 0.25) is 5.91 Å². The van der Waals surface area contributed by atoms with Crippen LogP contribution in [0.25, 0.3) is 6.08 Å². The van der Waals surface area contributed by atoms with Crippen LogP contribution in [0.5, 0.6) is 5.75 Å². The fourth-order valence-electron chi connectivity index (χ4n) is 2.17. The summed E-state index contributed by atoms with van der Waals surface area (Å²) in [6.07, 6.45) is 5.05. The van der Waals surface area contributed by atoms with Gasteiger partial charge >= 0.3 is 5.97 Å². The van der Waals surface area contributed by atoms with E-state index in [0.717, 1.165) is 24.2 Å². The number of aliphatic carboxylic acids is 1. The Bertz CT molecular complexity index is 549. The van der Waals surface area contributed by atoms with Crippen molar-refractivity contribution >= 4 is 18.0 Å². The molecule has 1 saturated carbocycles. The summed E-state index contributed by atoms with van der Waals surface area (Å²) in [4.78, 5) is 22.7. The minimum atomic E-state index is -0.885. The van der Waals surface area contributed by atoms with Gasteiger partial charge in [0.15, 0.2) is 0 Å². The smallest absolute Gasteiger partial charge is 0.305 e. The normalized spacial score (nSPS) is 15.7. The minimum absolute atomic E-state index is 0.0244. The Morgan fingerprint density at radius 3 is 2.86 bits per heavy atom. The van der Waals surface area contributed by atoms with Crippen molar-refractivity contribution in [2.75, 3.05) is 7.11 Å². The van der Waals surface area contributed by atoms with Gasteiger partial charge in [0.25, 0.3) is 0 Å². The predicted molar refractivity (Wildman–Crippen MR) is 78.9 cm³/mol. The van der Waals surface area contributed by atoms with E-state index in [-0.39, 0.29) is 18.4 Å². The van der Waals surface area contributed by atoms with Crippen LogP contribution in [0.15, 0.2) is 30.3 Å². The number of rotatable bonds is 7. The molecular weight excluding hydrogens is 270 g/mol. The van der Waals surface area contributed by atoms with Crippen molar-refractivity contribution in [2.24, 2.45) is 5.92 Å². The Kier molecular flexibility index (Phi) is 4.98. The zero-order chi connectivity index (χ0) is 15.2. The number of benzene rings is 1. The quantitative estimate of drug-likeness (QED) is 0.754. The minimum Gasteiger partial charge on any atom is -0.497 e. The molecule has 0 aromatic heterocycles. The van der Waals surface area contributed by atoms with Gasteiger partial charge in [-0.15, -0.1) is 0 Å². The second kappa shape index (κ2) is 6.92. The number of amides is 1. The number of nitrogens with one attached hydrogen (secondary N) is 1. The maximum atomic E-state index is 11.9. The molecule has 0 radical (unpaired) electrons. The highest BCUT2D eigenvalue weighted by Crippen LogP contribution is 2.34. The summed E-state index contributed by atoms with van der Waals surface area (Å²) < 4.78 is 5.11. The van der Waals surface area contributed by atoms with Crippen LogP contribution in [-0.4, -0.2) is 30.1 Å². The number of ether oxygens (including phenoxy) is 1. The van der Waals surface area contributed by atoms with Gasteiger partial charge in [0.05, 0.1) is 13.5 Å². The van der Waals surface area contributed by atoms with Gasteiger partial charge in [0.1, 0.15) is 5.75 Å². The summed E-state index contributed by atoms with van der Waals surface area (Å²) in [5.41, 5.74) is 0.853. The van der Waals surface area contributed by atoms with Crippen LogP contribution in [0, 0.1) is 5.92 Å². The highest BCUT2D eigenvalue weighted by molar-refractivity contribution is 5.92. The molecule has 2 N–H and O–H groups in total. The average Bonchev–Trinajstić information content (AvgIpc) is 3.29. The monoisotopic (exact) mass is 289 g/mol. The summed E-state index contributed by atoms with van der Waals surface area (Å²) in [5, 5.41) is 11.6. The molecule has 1 fully saturated rings. The fourth-order valence-corrected chi connectivity index (χ4v) is 2.17. The Hall–Kier alpha value is -2.30. The number of carboxylic acid groups (broad SMARTS) is 1. The van der Waals surface area contributed by atoms with Crippen LogP contribution in [0.1, 0.15) is 24.8 Å². The molecule has 0 bridgehead atoms. The molecule has 112 valence electrons. The third-order valence-corrected chi connectivity index (χ3v) is 3.43. The number of hydrogen-bond donors (Lipinski definition) is 2. The molecule has 21 heavy (non-hydrogen) atoms. The van der Waals surface area contributed by atoms with Gasteiger partial charge < -0.3 is 15.2 Å². The largest absolute Gasteiger partial charge is 0.497 e. The maximum Gasteiger partial charge on any atom is 0.305 e. The second-order valence-electron chi connectivity index (χ2n) is 5.16. The van der Waals surface area contributed by atoms with Crippen LogP contribution in [-0.2, 0) is 9.59 Å². The van der Waals surface area contributed by atoms with Crippen LogP contribution in [0.3, 0.4) is 0 Å². The third-order valence-electron chi connectivity index (χ3n) is 3.43. The Morgan fingerprint density at radius 1 is 1.48 bits per heavy atom. The van der Waals surface area contributed by atoms with Crippen LogP contribution in [0.4, 0.5) is 0 Å². The number of methoxy groups -OCH3 is 1. The van der Waals surface area contributed by atoms with E-state index in [1.54, 1.807) is 13.2 Å². The molecule has 0 aliphatic heterocycles. The summed E-state index contributed by atoms with van der Waals surface area (Å²) in [7, 11) is 1.58. The van der Waals surface area contributed by atoms with E-state index in [1.807, 2.05) is 24.3 Å². The van der Waals surface area contributed by atoms with Gasteiger partial charge in [-0.3, -0.25) is 9.59 Å². The van der Waals surface area contributed by atoms with Crippen LogP contribution < -0.4 is 10.1 Å². The van der Waals surface area contributed by atoms with Gasteiger partial charge in [-0.05, 0) is 42.5 Å². The number of carbonyl (C=O) groups excluding carboxylic acids is 1. The first-order chi connectivity index (χ1) is 10.1. The number of carbonyl (C=O) groups is 2. The summed E-state index contributed by atoms with van der Waals surface area (Å²) in [6.45, 7) is 0. The molecule has 0 saturated heterocycles. The second-order valence-corrected chi connectivity index (χ2v) is 5.16. The van der Waals surface area contributed by atoms with Gasteiger partial charge in [-0.25, -0.2) is 0 Å². The molecule has 1 unspecified atom stereocenters. The summed E-state index contributed by atoms with van der Waals surface area (Å²) in [5.74, 6) is -0.130. The lowest BCUT2D eigenvalue weighted by molar-refractivity contribution is -0.137. The summed E-state index contributed by atoms with van der Waals surface area (Å²) >= 11 is 0. The van der Waals surface area contributed by atoms with E-state index < -0.39 is 5.97 Å². The van der Waals surface area contributed by atoms with Gasteiger partial charge in [0, 0.05) is 12.1 Å². The standard InChI is InChI=1S/C16H19NO4/c1-21-13-4-2-3-11(9-13)5-8-15(18)17-14(10-16(19)20)12-6-7-12/h2-5,8-9,12,14H,6-7,10H2,1H3,(H,17,18)(H,19,20)/b8-5+. The number of hydrogen-bond acceptors (Lipinski definition) is 3. The molecule has 5 nitrogen and oxygen atoms in total. The van der Waals surface area contributed by atoms with Crippen molar-refractivity contribution in [1.29, 1.82) is 0 Å².